The third kappa shape index (κ3) is 2.94. The molecule has 102 valence electrons. The fraction of sp³-hybridized carbons (Fsp3) is 0.500. The third-order valence-corrected chi connectivity index (χ3v) is 4.62. The topological polar surface area (TPSA) is 47.1 Å². The average molecular weight is 276 g/mol. The maximum absolute atomic E-state index is 6.24. The number of nitrogens with two attached hydrogens (primary N) is 1. The van der Waals surface area contributed by atoms with Crippen LogP contribution in [0.25, 0.3) is 10.9 Å². The lowest BCUT2D eigenvalue weighted by Gasteiger charge is -2.19. The van der Waals surface area contributed by atoms with Gasteiger partial charge in [-0.1, -0.05) is 6.07 Å². The number of nitrogens with zero attached hydrogens (tertiary/aromatic N) is 3. The van der Waals surface area contributed by atoms with Crippen molar-refractivity contribution < 1.29 is 0 Å². The van der Waals surface area contributed by atoms with Gasteiger partial charge in [-0.15, -0.1) is 11.8 Å². The van der Waals surface area contributed by atoms with Gasteiger partial charge in [0.25, 0.3) is 0 Å². The maximum Gasteiger partial charge on any atom is 0.0690 e. The van der Waals surface area contributed by atoms with Gasteiger partial charge in [0.15, 0.2) is 0 Å². The smallest absolute Gasteiger partial charge is 0.0690 e. The first-order valence-electron chi connectivity index (χ1n) is 6.79. The minimum absolute atomic E-state index is 0.142. The molecule has 0 saturated carbocycles. The zero-order valence-corrected chi connectivity index (χ0v) is 12.1. The van der Waals surface area contributed by atoms with Crippen LogP contribution in [0.1, 0.15) is 12.8 Å². The van der Waals surface area contributed by atoms with Gasteiger partial charge in [0.2, 0.25) is 0 Å². The van der Waals surface area contributed by atoms with Gasteiger partial charge in [0.05, 0.1) is 17.1 Å². The summed E-state index contributed by atoms with van der Waals surface area (Å²) in [6.07, 6.45) is 4.53. The van der Waals surface area contributed by atoms with Crippen molar-refractivity contribution in [3.63, 3.8) is 0 Å². The molecule has 0 bridgehead atoms. The third-order valence-electron chi connectivity index (χ3n) is 3.64. The molecular weight excluding hydrogens is 256 g/mol. The van der Waals surface area contributed by atoms with Crippen molar-refractivity contribution in [1.29, 1.82) is 0 Å². The summed E-state index contributed by atoms with van der Waals surface area (Å²) in [5, 5.41) is 5.59. The molecule has 2 heterocycles. The quantitative estimate of drug-likeness (QED) is 0.686. The van der Waals surface area contributed by atoms with E-state index in [1.807, 2.05) is 17.9 Å². The lowest BCUT2D eigenvalue weighted by molar-refractivity contribution is 0.341. The van der Waals surface area contributed by atoms with E-state index in [1.165, 1.54) is 41.7 Å². The van der Waals surface area contributed by atoms with Crippen LogP contribution in [0, 0.1) is 0 Å². The van der Waals surface area contributed by atoms with E-state index < -0.39 is 0 Å². The van der Waals surface area contributed by atoms with Crippen molar-refractivity contribution >= 4 is 22.7 Å². The van der Waals surface area contributed by atoms with Crippen molar-refractivity contribution in [2.45, 2.75) is 23.1 Å². The molecule has 1 fully saturated rings. The molecule has 0 aliphatic carbocycles. The Balaban J connectivity index is 1.68. The average Bonchev–Trinajstić information content (AvgIpc) is 3.00. The number of fused-ring (bicyclic) bond motifs is 1. The number of thioether (sulfide) groups is 1. The summed E-state index contributed by atoms with van der Waals surface area (Å²) in [4.78, 5) is 3.68. The highest BCUT2D eigenvalue weighted by Gasteiger charge is 2.15. The number of aryl methyl sites for hydroxylation is 1. The van der Waals surface area contributed by atoms with Crippen molar-refractivity contribution in [3.8, 4) is 0 Å². The molecule has 3 rings (SSSR count). The van der Waals surface area contributed by atoms with Crippen LogP contribution in [-0.4, -0.2) is 39.7 Å². The van der Waals surface area contributed by atoms with E-state index in [1.54, 1.807) is 11.8 Å². The molecule has 5 heteroatoms. The molecule has 0 radical (unpaired) electrons. The Kier molecular flexibility index (Phi) is 3.77. The Morgan fingerprint density at radius 3 is 2.95 bits per heavy atom. The van der Waals surface area contributed by atoms with E-state index in [0.717, 1.165) is 6.54 Å². The van der Waals surface area contributed by atoms with Crippen molar-refractivity contribution in [2.24, 2.45) is 12.8 Å². The van der Waals surface area contributed by atoms with Crippen LogP contribution in [0.2, 0.25) is 0 Å². The van der Waals surface area contributed by atoms with Crippen LogP contribution in [0.15, 0.2) is 29.3 Å². The fourth-order valence-electron chi connectivity index (χ4n) is 2.63. The zero-order chi connectivity index (χ0) is 13.2. The Morgan fingerprint density at radius 2 is 2.16 bits per heavy atom. The Bertz CT molecular complexity index is 560. The second-order valence-corrected chi connectivity index (χ2v) is 6.47. The van der Waals surface area contributed by atoms with E-state index in [0.29, 0.717) is 0 Å². The van der Waals surface area contributed by atoms with E-state index in [-0.39, 0.29) is 5.37 Å². The standard InChI is InChI=1S/C14H20N4S/c1-17-13-8-12(5-4-11(13)9-16-17)19-14(15)10-18-6-2-3-7-18/h4-5,8-9,14H,2-3,6-7,10,15H2,1H3/t14-/m0/s1. The van der Waals surface area contributed by atoms with Crippen molar-refractivity contribution in [1.82, 2.24) is 14.7 Å². The SMILES string of the molecule is Cn1ncc2ccc(S[C@H](N)CN3CCCC3)cc21. The van der Waals surface area contributed by atoms with E-state index in [9.17, 15) is 0 Å². The predicted molar refractivity (Wildman–Crippen MR) is 80.2 cm³/mol. The summed E-state index contributed by atoms with van der Waals surface area (Å²) in [6, 6.07) is 6.43. The monoisotopic (exact) mass is 276 g/mol. The van der Waals surface area contributed by atoms with E-state index in [4.69, 9.17) is 5.73 Å². The van der Waals surface area contributed by atoms with Gasteiger partial charge in [-0.3, -0.25) is 4.68 Å². The largest absolute Gasteiger partial charge is 0.318 e. The van der Waals surface area contributed by atoms with E-state index in [2.05, 4.69) is 28.2 Å². The van der Waals surface area contributed by atoms with Crippen molar-refractivity contribution in [3.05, 3.63) is 24.4 Å². The second-order valence-electron chi connectivity index (χ2n) is 5.15. The molecule has 0 amide bonds. The zero-order valence-electron chi connectivity index (χ0n) is 11.2. The summed E-state index contributed by atoms with van der Waals surface area (Å²) in [5.41, 5.74) is 7.41. The first-order chi connectivity index (χ1) is 9.22. The summed E-state index contributed by atoms with van der Waals surface area (Å²) in [5.74, 6) is 0. The van der Waals surface area contributed by atoms with Crippen LogP contribution in [0.3, 0.4) is 0 Å². The number of benzene rings is 1. The summed E-state index contributed by atoms with van der Waals surface area (Å²) < 4.78 is 1.91. The lowest BCUT2D eigenvalue weighted by Crippen LogP contribution is -2.33. The minimum atomic E-state index is 0.142. The fourth-order valence-corrected chi connectivity index (χ4v) is 3.59. The highest BCUT2D eigenvalue weighted by Crippen LogP contribution is 2.26. The number of rotatable bonds is 4. The number of likely N-dealkylation sites (tertiary alicyclic amines) is 1. The second kappa shape index (κ2) is 5.53. The molecule has 4 nitrogen and oxygen atoms in total. The normalized spacial score (nSPS) is 18.2. The molecule has 1 aromatic carbocycles. The Labute approximate surface area is 117 Å². The first kappa shape index (κ1) is 13.0. The molecule has 0 unspecified atom stereocenters. The molecule has 1 saturated heterocycles. The lowest BCUT2D eigenvalue weighted by atomic mass is 10.3. The number of hydrogen-bond donors (Lipinski definition) is 1. The molecular formula is C14H20N4S. The van der Waals surface area contributed by atoms with Gasteiger partial charge in [-0.2, -0.15) is 5.10 Å². The van der Waals surface area contributed by atoms with Gasteiger partial charge < -0.3 is 10.6 Å². The maximum atomic E-state index is 6.24. The molecule has 2 N–H and O–H groups in total. The molecule has 19 heavy (non-hydrogen) atoms. The van der Waals surface area contributed by atoms with Crippen LogP contribution in [0.4, 0.5) is 0 Å². The minimum Gasteiger partial charge on any atom is -0.318 e. The van der Waals surface area contributed by atoms with Gasteiger partial charge >= 0.3 is 0 Å². The molecule has 0 spiro atoms. The van der Waals surface area contributed by atoms with Crippen LogP contribution < -0.4 is 5.73 Å². The predicted octanol–water partition coefficient (Wildman–Crippen LogP) is 2.05. The molecule has 1 atom stereocenters. The summed E-state index contributed by atoms with van der Waals surface area (Å²) in [7, 11) is 1.97. The molecule has 1 aromatic heterocycles. The van der Waals surface area contributed by atoms with Gasteiger partial charge in [0.1, 0.15) is 0 Å². The van der Waals surface area contributed by atoms with Crippen molar-refractivity contribution in [2.75, 3.05) is 19.6 Å². The van der Waals surface area contributed by atoms with E-state index >= 15 is 0 Å². The summed E-state index contributed by atoms with van der Waals surface area (Å²) >= 11 is 1.75. The van der Waals surface area contributed by atoms with Crippen LogP contribution in [0.5, 0.6) is 0 Å². The molecule has 2 aromatic rings. The summed E-state index contributed by atoms with van der Waals surface area (Å²) in [6.45, 7) is 3.39. The van der Waals surface area contributed by atoms with Gasteiger partial charge in [-0.25, -0.2) is 0 Å². The Morgan fingerprint density at radius 1 is 1.37 bits per heavy atom. The first-order valence-corrected chi connectivity index (χ1v) is 7.67. The Hall–Kier alpha value is -1.04. The van der Waals surface area contributed by atoms with Crippen LogP contribution >= 0.6 is 11.8 Å². The van der Waals surface area contributed by atoms with Gasteiger partial charge in [0, 0.05) is 23.9 Å². The number of hydrogen-bond acceptors (Lipinski definition) is 4. The highest BCUT2D eigenvalue weighted by molar-refractivity contribution is 8.00. The number of aromatic nitrogens is 2. The highest BCUT2D eigenvalue weighted by atomic mass is 32.2. The van der Waals surface area contributed by atoms with Crippen LogP contribution in [-0.2, 0) is 7.05 Å². The van der Waals surface area contributed by atoms with Gasteiger partial charge in [-0.05, 0) is 38.1 Å². The molecule has 1 aliphatic heterocycles. The molecule has 1 aliphatic rings.